The highest BCUT2D eigenvalue weighted by molar-refractivity contribution is 9.11. The number of ether oxygens (including phenoxy) is 1. The number of hydrogen-bond acceptors (Lipinski definition) is 2. The fourth-order valence-corrected chi connectivity index (χ4v) is 5.11. The summed E-state index contributed by atoms with van der Waals surface area (Å²) in [7, 11) is 0. The van der Waals surface area contributed by atoms with Crippen molar-refractivity contribution in [1.29, 1.82) is 0 Å². The Hall–Kier alpha value is -1.87. The fourth-order valence-electron chi connectivity index (χ4n) is 4.39. The Balaban J connectivity index is 1.59. The summed E-state index contributed by atoms with van der Waals surface area (Å²) in [5, 5.41) is 0. The summed E-state index contributed by atoms with van der Waals surface area (Å²) < 4.78 is 7.27. The first-order chi connectivity index (χ1) is 13.6. The van der Waals surface area contributed by atoms with Gasteiger partial charge < -0.3 is 4.74 Å². The van der Waals surface area contributed by atoms with Crippen molar-refractivity contribution in [3.63, 3.8) is 0 Å². The van der Waals surface area contributed by atoms with E-state index >= 15 is 0 Å². The van der Waals surface area contributed by atoms with Gasteiger partial charge in [-0.3, -0.25) is 4.79 Å². The molecule has 0 heterocycles. The predicted molar refractivity (Wildman–Crippen MR) is 118 cm³/mol. The molecule has 2 aliphatic rings. The van der Waals surface area contributed by atoms with Crippen LogP contribution in [0.1, 0.15) is 72.5 Å². The van der Waals surface area contributed by atoms with Gasteiger partial charge in [-0.1, -0.05) is 53.0 Å². The van der Waals surface area contributed by atoms with Crippen LogP contribution in [-0.4, -0.2) is 12.4 Å². The van der Waals surface area contributed by atoms with Gasteiger partial charge in [0.15, 0.2) is 5.78 Å². The van der Waals surface area contributed by atoms with Crippen molar-refractivity contribution >= 4 is 27.3 Å². The Morgan fingerprint density at radius 1 is 1.04 bits per heavy atom. The van der Waals surface area contributed by atoms with Gasteiger partial charge in [-0.2, -0.15) is 0 Å². The summed E-state index contributed by atoms with van der Waals surface area (Å²) in [6.07, 6.45) is 8.39. The molecule has 2 aromatic rings. The van der Waals surface area contributed by atoms with Gasteiger partial charge in [0, 0.05) is 10.0 Å². The van der Waals surface area contributed by atoms with Crippen molar-refractivity contribution in [3.8, 4) is 5.75 Å². The number of benzene rings is 2. The molecule has 2 nitrogen and oxygen atoms in total. The third-order valence-electron chi connectivity index (χ3n) is 6.00. The van der Waals surface area contributed by atoms with Crippen LogP contribution in [0.15, 0.2) is 46.9 Å². The highest BCUT2D eigenvalue weighted by Crippen LogP contribution is 2.38. The third kappa shape index (κ3) is 4.25. The number of aryl methyl sites for hydroxylation is 1. The standard InChI is InChI=1S/C25H27BrO2/c1-17(27)20-11-14-23-21(15-20)7-4-8-24(26)25(23)19-9-12-22(13-10-19)28-16-18-5-2-3-6-18/h9-15,18H,2-8,16H2,1H3. The van der Waals surface area contributed by atoms with E-state index in [1.165, 1.54) is 52.4 Å². The van der Waals surface area contributed by atoms with E-state index in [0.29, 0.717) is 0 Å². The fraction of sp³-hybridized carbons (Fsp3) is 0.400. The Morgan fingerprint density at radius 3 is 2.50 bits per heavy atom. The maximum absolute atomic E-state index is 11.8. The lowest BCUT2D eigenvalue weighted by atomic mass is 9.92. The lowest BCUT2D eigenvalue weighted by molar-refractivity contribution is 0.101. The maximum Gasteiger partial charge on any atom is 0.159 e. The van der Waals surface area contributed by atoms with Gasteiger partial charge in [0.05, 0.1) is 6.61 Å². The Bertz CT molecular complexity index is 889. The molecule has 0 unspecified atom stereocenters. The Labute approximate surface area is 176 Å². The number of halogens is 1. The molecule has 28 heavy (non-hydrogen) atoms. The molecule has 0 spiro atoms. The minimum atomic E-state index is 0.125. The lowest BCUT2D eigenvalue weighted by Crippen LogP contribution is -2.07. The zero-order chi connectivity index (χ0) is 19.5. The van der Waals surface area contributed by atoms with Crippen LogP contribution < -0.4 is 4.74 Å². The van der Waals surface area contributed by atoms with Gasteiger partial charge in [-0.15, -0.1) is 0 Å². The minimum absolute atomic E-state index is 0.125. The zero-order valence-electron chi connectivity index (χ0n) is 16.5. The van der Waals surface area contributed by atoms with E-state index in [1.54, 1.807) is 6.92 Å². The molecule has 0 atom stereocenters. The van der Waals surface area contributed by atoms with Gasteiger partial charge in [-0.05, 0) is 85.4 Å². The minimum Gasteiger partial charge on any atom is -0.493 e. The highest BCUT2D eigenvalue weighted by atomic mass is 79.9. The van der Waals surface area contributed by atoms with Crippen molar-refractivity contribution in [2.75, 3.05) is 6.61 Å². The molecule has 4 rings (SSSR count). The summed E-state index contributed by atoms with van der Waals surface area (Å²) in [6.45, 7) is 2.47. The van der Waals surface area contributed by atoms with E-state index in [1.807, 2.05) is 6.07 Å². The highest BCUT2D eigenvalue weighted by Gasteiger charge is 2.19. The molecule has 0 amide bonds. The van der Waals surface area contributed by atoms with Crippen LogP contribution in [0, 0.1) is 5.92 Å². The second-order valence-corrected chi connectivity index (χ2v) is 9.00. The normalized spacial score (nSPS) is 17.4. The number of carbonyl (C=O) groups excluding carboxylic acids is 1. The van der Waals surface area contributed by atoms with E-state index in [4.69, 9.17) is 4.74 Å². The first-order valence-corrected chi connectivity index (χ1v) is 11.2. The predicted octanol–water partition coefficient (Wildman–Crippen LogP) is 6.95. The van der Waals surface area contributed by atoms with E-state index < -0.39 is 0 Å². The van der Waals surface area contributed by atoms with Gasteiger partial charge in [0.1, 0.15) is 5.75 Å². The van der Waals surface area contributed by atoms with Crippen molar-refractivity contribution in [2.24, 2.45) is 5.92 Å². The van der Waals surface area contributed by atoms with E-state index in [-0.39, 0.29) is 5.78 Å². The summed E-state index contributed by atoms with van der Waals surface area (Å²) in [4.78, 5) is 11.8. The molecule has 146 valence electrons. The third-order valence-corrected chi connectivity index (χ3v) is 6.79. The quantitative estimate of drug-likeness (QED) is 0.472. The van der Waals surface area contributed by atoms with Crippen LogP contribution in [0.5, 0.6) is 5.75 Å². The van der Waals surface area contributed by atoms with Crippen molar-refractivity contribution in [3.05, 3.63) is 69.2 Å². The number of ketones is 1. The first-order valence-electron chi connectivity index (χ1n) is 10.4. The number of hydrogen-bond donors (Lipinski definition) is 0. The van der Waals surface area contributed by atoms with Gasteiger partial charge >= 0.3 is 0 Å². The van der Waals surface area contributed by atoms with Crippen LogP contribution in [-0.2, 0) is 6.42 Å². The molecule has 2 aliphatic carbocycles. The molecule has 0 aromatic heterocycles. The van der Waals surface area contributed by atoms with Crippen LogP contribution in [0.25, 0.3) is 5.57 Å². The van der Waals surface area contributed by atoms with Gasteiger partial charge in [0.2, 0.25) is 0 Å². The number of allylic oxidation sites excluding steroid dienone is 1. The molecular weight excluding hydrogens is 412 g/mol. The SMILES string of the molecule is CC(=O)c1ccc2c(c1)CCCC(Br)=C2c1ccc(OCC2CCCC2)cc1. The molecule has 3 heteroatoms. The van der Waals surface area contributed by atoms with E-state index in [0.717, 1.165) is 43.1 Å². The molecule has 2 aromatic carbocycles. The van der Waals surface area contributed by atoms with Gasteiger partial charge in [0.25, 0.3) is 0 Å². The smallest absolute Gasteiger partial charge is 0.159 e. The van der Waals surface area contributed by atoms with E-state index in [2.05, 4.69) is 52.3 Å². The van der Waals surface area contributed by atoms with Crippen LogP contribution in [0.2, 0.25) is 0 Å². The number of Topliss-reactive ketones (excluding diaryl/α,β-unsaturated/α-hetero) is 1. The lowest BCUT2D eigenvalue weighted by Gasteiger charge is -2.15. The summed E-state index contributed by atoms with van der Waals surface area (Å²) in [5.74, 6) is 1.80. The van der Waals surface area contributed by atoms with Crippen LogP contribution >= 0.6 is 15.9 Å². The molecule has 0 aliphatic heterocycles. The van der Waals surface area contributed by atoms with Gasteiger partial charge in [-0.25, -0.2) is 0 Å². The Kier molecular flexibility index (Phi) is 6.01. The van der Waals surface area contributed by atoms with Crippen LogP contribution in [0.3, 0.4) is 0 Å². The van der Waals surface area contributed by atoms with Crippen LogP contribution in [0.4, 0.5) is 0 Å². The number of fused-ring (bicyclic) bond motifs is 1. The first kappa shape index (κ1) is 19.4. The van der Waals surface area contributed by atoms with Crippen molar-refractivity contribution < 1.29 is 9.53 Å². The average Bonchev–Trinajstić information content (AvgIpc) is 3.16. The summed E-state index contributed by atoms with van der Waals surface area (Å²) in [5.41, 5.74) is 5.73. The monoisotopic (exact) mass is 438 g/mol. The summed E-state index contributed by atoms with van der Waals surface area (Å²) >= 11 is 3.83. The molecule has 0 bridgehead atoms. The molecular formula is C25H27BrO2. The second-order valence-electron chi connectivity index (χ2n) is 8.05. The molecule has 0 radical (unpaired) electrons. The number of rotatable bonds is 5. The van der Waals surface area contributed by atoms with Crippen molar-refractivity contribution in [2.45, 2.75) is 51.9 Å². The Morgan fingerprint density at radius 2 is 1.79 bits per heavy atom. The second kappa shape index (κ2) is 8.65. The molecule has 1 fully saturated rings. The maximum atomic E-state index is 11.8. The van der Waals surface area contributed by atoms with Crippen molar-refractivity contribution in [1.82, 2.24) is 0 Å². The molecule has 1 saturated carbocycles. The topological polar surface area (TPSA) is 26.3 Å². The number of carbonyl (C=O) groups is 1. The zero-order valence-corrected chi connectivity index (χ0v) is 18.1. The molecule has 0 N–H and O–H groups in total. The summed E-state index contributed by atoms with van der Waals surface area (Å²) in [6, 6.07) is 14.6. The largest absolute Gasteiger partial charge is 0.493 e. The average molecular weight is 439 g/mol. The van der Waals surface area contributed by atoms with E-state index in [9.17, 15) is 4.79 Å². The molecule has 0 saturated heterocycles.